The highest BCUT2D eigenvalue weighted by atomic mass is 32.2. The van der Waals surface area contributed by atoms with Gasteiger partial charge in [-0.2, -0.15) is 0 Å². The molecule has 1 aromatic carbocycles. The second-order valence-electron chi connectivity index (χ2n) is 7.59. The summed E-state index contributed by atoms with van der Waals surface area (Å²) in [5.41, 5.74) is 1.63. The molecule has 0 atom stereocenters. The van der Waals surface area contributed by atoms with Crippen molar-refractivity contribution in [2.24, 2.45) is 0 Å². The number of carbonyl (C=O) groups is 1. The molecule has 2 aromatic heterocycles. The van der Waals surface area contributed by atoms with Crippen LogP contribution in [-0.2, 0) is 5.75 Å². The first-order valence-electron chi connectivity index (χ1n) is 10.7. The summed E-state index contributed by atoms with van der Waals surface area (Å²) in [5, 5.41) is 4.71. The van der Waals surface area contributed by atoms with Gasteiger partial charge in [-0.05, 0) is 51.0 Å². The molecule has 4 rings (SSSR count). The van der Waals surface area contributed by atoms with Gasteiger partial charge in [0.1, 0.15) is 5.58 Å². The zero-order valence-electron chi connectivity index (χ0n) is 17.2. The summed E-state index contributed by atoms with van der Waals surface area (Å²) in [7, 11) is 0. The van der Waals surface area contributed by atoms with Crippen LogP contribution in [0.2, 0.25) is 0 Å². The monoisotopic (exact) mass is 424 g/mol. The number of nitrogens with zero attached hydrogens (tertiary/aromatic N) is 3. The first-order chi connectivity index (χ1) is 14.8. The van der Waals surface area contributed by atoms with Crippen LogP contribution in [0.15, 0.2) is 52.3 Å². The maximum absolute atomic E-state index is 12.9. The Morgan fingerprint density at radius 3 is 2.63 bits per heavy atom. The third-order valence-corrected chi connectivity index (χ3v) is 6.33. The second kappa shape index (κ2) is 10.6. The number of carbonyl (C=O) groups excluding carboxylic acids is 1. The average Bonchev–Trinajstić information content (AvgIpc) is 2.95. The average molecular weight is 425 g/mol. The Morgan fingerprint density at radius 2 is 1.83 bits per heavy atom. The number of furan rings is 1. The Balaban J connectivity index is 1.38. The fraction of sp³-hybridized carbons (Fsp3) is 0.435. The molecule has 0 radical (unpaired) electrons. The Morgan fingerprint density at radius 1 is 1.07 bits per heavy atom. The molecule has 1 fully saturated rings. The minimum atomic E-state index is -0.147. The molecule has 0 unspecified atom stereocenters. The van der Waals surface area contributed by atoms with Gasteiger partial charge < -0.3 is 14.6 Å². The number of likely N-dealkylation sites (tertiary alicyclic amines) is 1. The number of hydrogen-bond acceptors (Lipinski definition) is 6. The number of hydrogen-bond donors (Lipinski definition) is 1. The lowest BCUT2D eigenvalue weighted by molar-refractivity contribution is 0.0925. The van der Waals surface area contributed by atoms with Crippen LogP contribution in [0.1, 0.15) is 48.2 Å². The highest BCUT2D eigenvalue weighted by molar-refractivity contribution is 7.98. The molecule has 0 saturated carbocycles. The van der Waals surface area contributed by atoms with Gasteiger partial charge in [0.15, 0.2) is 10.9 Å². The van der Waals surface area contributed by atoms with Crippen LogP contribution < -0.4 is 5.32 Å². The molecule has 3 heterocycles. The molecule has 1 amide bonds. The maximum atomic E-state index is 12.9. The van der Waals surface area contributed by atoms with E-state index >= 15 is 0 Å². The first kappa shape index (κ1) is 20.9. The molecule has 1 saturated heterocycles. The van der Waals surface area contributed by atoms with Crippen molar-refractivity contribution in [3.05, 3.63) is 54.0 Å². The molecule has 1 aliphatic heterocycles. The number of fused-ring (bicyclic) bond motifs is 1. The van der Waals surface area contributed by atoms with E-state index in [1.165, 1.54) is 50.5 Å². The van der Waals surface area contributed by atoms with Gasteiger partial charge in [0, 0.05) is 35.6 Å². The van der Waals surface area contributed by atoms with Crippen LogP contribution in [0.4, 0.5) is 0 Å². The normalized spacial score (nSPS) is 15.2. The smallest absolute Gasteiger partial charge is 0.287 e. The molecular weight excluding hydrogens is 396 g/mol. The molecule has 1 aliphatic rings. The third-order valence-electron chi connectivity index (χ3n) is 5.43. The lowest BCUT2D eigenvalue weighted by Crippen LogP contribution is -2.30. The Labute approximate surface area is 181 Å². The van der Waals surface area contributed by atoms with Crippen LogP contribution in [0.5, 0.6) is 0 Å². The fourth-order valence-corrected chi connectivity index (χ4v) is 4.70. The summed E-state index contributed by atoms with van der Waals surface area (Å²) >= 11 is 1.50. The quantitative estimate of drug-likeness (QED) is 0.326. The highest BCUT2D eigenvalue weighted by Gasteiger charge is 2.20. The number of rotatable bonds is 8. The van der Waals surface area contributed by atoms with Gasteiger partial charge in [0.2, 0.25) is 0 Å². The topological polar surface area (TPSA) is 71.3 Å². The van der Waals surface area contributed by atoms with Gasteiger partial charge in [0.25, 0.3) is 5.91 Å². The van der Waals surface area contributed by atoms with Crippen molar-refractivity contribution < 1.29 is 9.21 Å². The van der Waals surface area contributed by atoms with Crippen molar-refractivity contribution in [2.45, 2.75) is 43.0 Å². The zero-order valence-corrected chi connectivity index (χ0v) is 18.0. The van der Waals surface area contributed by atoms with E-state index in [1.807, 2.05) is 24.3 Å². The number of para-hydroxylation sites is 1. The van der Waals surface area contributed by atoms with Crippen molar-refractivity contribution in [2.75, 3.05) is 26.2 Å². The molecule has 158 valence electrons. The van der Waals surface area contributed by atoms with Crippen molar-refractivity contribution in [1.29, 1.82) is 0 Å². The van der Waals surface area contributed by atoms with Gasteiger partial charge in [-0.3, -0.25) is 4.79 Å². The predicted octanol–water partition coefficient (Wildman–Crippen LogP) is 4.51. The highest BCUT2D eigenvalue weighted by Crippen LogP contribution is 2.30. The van der Waals surface area contributed by atoms with E-state index in [-0.39, 0.29) is 5.91 Å². The van der Waals surface area contributed by atoms with E-state index in [9.17, 15) is 4.79 Å². The van der Waals surface area contributed by atoms with Gasteiger partial charge in [0.05, 0.1) is 0 Å². The molecule has 6 nitrogen and oxygen atoms in total. The lowest BCUT2D eigenvalue weighted by Gasteiger charge is -2.19. The van der Waals surface area contributed by atoms with Gasteiger partial charge in [-0.15, -0.1) is 0 Å². The molecule has 0 spiro atoms. The molecule has 30 heavy (non-hydrogen) atoms. The summed E-state index contributed by atoms with van der Waals surface area (Å²) < 4.78 is 5.94. The molecule has 0 bridgehead atoms. The van der Waals surface area contributed by atoms with Gasteiger partial charge >= 0.3 is 0 Å². The number of aromatic nitrogens is 2. The fourth-order valence-electron chi connectivity index (χ4n) is 3.87. The first-order valence-corrected chi connectivity index (χ1v) is 11.7. The van der Waals surface area contributed by atoms with E-state index in [4.69, 9.17) is 4.42 Å². The Hall–Kier alpha value is -2.38. The standard InChI is InChI=1S/C23H28N4O2S/c28-22(24-13-8-16-27-14-5-1-2-6-15-27)21-19(17-30-23-25-11-7-12-26-23)18-9-3-4-10-20(18)29-21/h3-4,7,9-12H,1-2,5-6,8,13-17H2,(H,24,28). The third kappa shape index (κ3) is 5.40. The summed E-state index contributed by atoms with van der Waals surface area (Å²) in [6.45, 7) is 4.05. The van der Waals surface area contributed by atoms with Crippen LogP contribution in [0, 0.1) is 0 Å². The second-order valence-corrected chi connectivity index (χ2v) is 8.53. The molecular formula is C23H28N4O2S. The van der Waals surface area contributed by atoms with Crippen LogP contribution >= 0.6 is 11.8 Å². The van der Waals surface area contributed by atoms with E-state index in [1.54, 1.807) is 18.5 Å². The zero-order chi connectivity index (χ0) is 20.6. The number of benzene rings is 1. The lowest BCUT2D eigenvalue weighted by atomic mass is 10.1. The van der Waals surface area contributed by atoms with E-state index < -0.39 is 0 Å². The van der Waals surface area contributed by atoms with Crippen LogP contribution in [-0.4, -0.2) is 47.0 Å². The van der Waals surface area contributed by atoms with Crippen molar-refractivity contribution >= 4 is 28.6 Å². The van der Waals surface area contributed by atoms with E-state index in [0.717, 1.165) is 29.5 Å². The summed E-state index contributed by atoms with van der Waals surface area (Å²) in [6.07, 6.45) is 9.66. The Bertz CT molecular complexity index is 952. The minimum absolute atomic E-state index is 0.147. The largest absolute Gasteiger partial charge is 0.451 e. The van der Waals surface area contributed by atoms with Gasteiger partial charge in [-0.25, -0.2) is 9.97 Å². The predicted molar refractivity (Wildman–Crippen MR) is 120 cm³/mol. The number of amides is 1. The molecule has 0 aliphatic carbocycles. The van der Waals surface area contributed by atoms with E-state index in [2.05, 4.69) is 20.2 Å². The Kier molecular flexibility index (Phi) is 7.37. The maximum Gasteiger partial charge on any atom is 0.287 e. The van der Waals surface area contributed by atoms with Crippen molar-refractivity contribution in [1.82, 2.24) is 20.2 Å². The van der Waals surface area contributed by atoms with Crippen LogP contribution in [0.25, 0.3) is 11.0 Å². The van der Waals surface area contributed by atoms with Crippen molar-refractivity contribution in [3.63, 3.8) is 0 Å². The number of nitrogens with one attached hydrogen (secondary N) is 1. The molecule has 1 N–H and O–H groups in total. The van der Waals surface area contributed by atoms with Crippen molar-refractivity contribution in [3.8, 4) is 0 Å². The van der Waals surface area contributed by atoms with E-state index in [0.29, 0.717) is 23.2 Å². The summed E-state index contributed by atoms with van der Waals surface area (Å²) in [6, 6.07) is 9.58. The SMILES string of the molecule is O=C(NCCCN1CCCCCC1)c1oc2ccccc2c1CSc1ncccn1. The summed E-state index contributed by atoms with van der Waals surface area (Å²) in [4.78, 5) is 23.9. The number of thioether (sulfide) groups is 1. The minimum Gasteiger partial charge on any atom is -0.451 e. The molecule has 7 heteroatoms. The summed E-state index contributed by atoms with van der Waals surface area (Å²) in [5.74, 6) is 0.832. The molecule has 3 aromatic rings. The van der Waals surface area contributed by atoms with Gasteiger partial charge in [-0.1, -0.05) is 42.8 Å². The van der Waals surface area contributed by atoms with Crippen LogP contribution in [0.3, 0.4) is 0 Å².